The van der Waals surface area contributed by atoms with Crippen LogP contribution in [0.5, 0.6) is 0 Å². The van der Waals surface area contributed by atoms with Gasteiger partial charge in [-0.25, -0.2) is 0 Å². The van der Waals surface area contributed by atoms with Gasteiger partial charge in [-0.3, -0.25) is 9.89 Å². The lowest BCUT2D eigenvalue weighted by Gasteiger charge is -2.23. The Morgan fingerprint density at radius 3 is 2.43 bits per heavy atom. The second-order valence-electron chi connectivity index (χ2n) is 6.67. The van der Waals surface area contributed by atoms with E-state index in [0.29, 0.717) is 12.1 Å². The highest BCUT2D eigenvalue weighted by atomic mass is 127. The van der Waals surface area contributed by atoms with Crippen molar-refractivity contribution in [1.82, 2.24) is 15.5 Å². The lowest BCUT2D eigenvalue weighted by atomic mass is 10.1. The monoisotopic (exact) mass is 430 g/mol. The van der Waals surface area contributed by atoms with Gasteiger partial charge in [0.15, 0.2) is 5.96 Å². The summed E-state index contributed by atoms with van der Waals surface area (Å²) in [4.78, 5) is 6.68. The molecule has 1 aliphatic rings. The average Bonchev–Trinajstić information content (AvgIpc) is 3.19. The van der Waals surface area contributed by atoms with Crippen LogP contribution in [0.4, 0.5) is 0 Å². The zero-order valence-electron chi connectivity index (χ0n) is 15.0. The van der Waals surface area contributed by atoms with Gasteiger partial charge in [-0.05, 0) is 44.4 Å². The molecule has 4 nitrogen and oxygen atoms in total. The highest BCUT2D eigenvalue weighted by Gasteiger charge is 2.33. The van der Waals surface area contributed by atoms with Gasteiger partial charge in [-0.1, -0.05) is 31.2 Å². The van der Waals surface area contributed by atoms with E-state index in [1.54, 1.807) is 0 Å². The van der Waals surface area contributed by atoms with Gasteiger partial charge in [0.25, 0.3) is 0 Å². The summed E-state index contributed by atoms with van der Waals surface area (Å²) < 4.78 is 0. The molecule has 0 amide bonds. The van der Waals surface area contributed by atoms with Crippen molar-refractivity contribution in [3.63, 3.8) is 0 Å². The van der Waals surface area contributed by atoms with Gasteiger partial charge in [-0.15, -0.1) is 24.0 Å². The van der Waals surface area contributed by atoms with Crippen LogP contribution in [-0.4, -0.2) is 37.0 Å². The van der Waals surface area contributed by atoms with Gasteiger partial charge in [0.2, 0.25) is 0 Å². The second-order valence-corrected chi connectivity index (χ2v) is 6.67. The third-order valence-electron chi connectivity index (χ3n) is 4.52. The first-order valence-corrected chi connectivity index (χ1v) is 8.25. The topological polar surface area (TPSA) is 39.7 Å². The number of hydrogen-bond acceptors (Lipinski definition) is 2. The number of benzene rings is 1. The number of nitrogens with zero attached hydrogens (tertiary/aromatic N) is 2. The maximum Gasteiger partial charge on any atom is 0.191 e. The summed E-state index contributed by atoms with van der Waals surface area (Å²) in [6, 6.07) is 9.78. The molecule has 1 aliphatic carbocycles. The molecular formula is C18H31IN4. The quantitative estimate of drug-likeness (QED) is 0.414. The first kappa shape index (κ1) is 20.2. The number of guanidine groups is 1. The lowest BCUT2D eigenvalue weighted by molar-refractivity contribution is 0.265. The van der Waals surface area contributed by atoms with Gasteiger partial charge < -0.3 is 10.6 Å². The molecule has 23 heavy (non-hydrogen) atoms. The summed E-state index contributed by atoms with van der Waals surface area (Å²) in [6.07, 6.45) is 1.25. The van der Waals surface area contributed by atoms with Gasteiger partial charge in [0, 0.05) is 32.2 Å². The van der Waals surface area contributed by atoms with Crippen LogP contribution in [0.25, 0.3) is 0 Å². The van der Waals surface area contributed by atoms with Gasteiger partial charge in [-0.2, -0.15) is 0 Å². The predicted molar refractivity (Wildman–Crippen MR) is 109 cm³/mol. The van der Waals surface area contributed by atoms with Gasteiger partial charge in [0.1, 0.15) is 0 Å². The molecule has 1 saturated carbocycles. The minimum Gasteiger partial charge on any atom is -0.353 e. The molecule has 130 valence electrons. The molecule has 2 unspecified atom stereocenters. The van der Waals surface area contributed by atoms with E-state index in [-0.39, 0.29) is 24.0 Å². The molecule has 0 saturated heterocycles. The third kappa shape index (κ3) is 6.30. The van der Waals surface area contributed by atoms with E-state index in [1.807, 2.05) is 7.05 Å². The van der Waals surface area contributed by atoms with Crippen molar-refractivity contribution in [2.45, 2.75) is 52.4 Å². The van der Waals surface area contributed by atoms with Crippen molar-refractivity contribution < 1.29 is 0 Å². The van der Waals surface area contributed by atoms with E-state index >= 15 is 0 Å². The first-order valence-electron chi connectivity index (χ1n) is 8.25. The number of aliphatic imine (C=N–C) groups is 1. The van der Waals surface area contributed by atoms with Crippen LogP contribution in [0.2, 0.25) is 0 Å². The van der Waals surface area contributed by atoms with Crippen molar-refractivity contribution in [3.05, 3.63) is 35.4 Å². The Balaban J connectivity index is 0.00000264. The Kier molecular flexibility index (Phi) is 8.33. The second kappa shape index (κ2) is 9.47. The zero-order chi connectivity index (χ0) is 16.1. The van der Waals surface area contributed by atoms with Crippen molar-refractivity contribution in [3.8, 4) is 0 Å². The van der Waals surface area contributed by atoms with Crippen LogP contribution in [0, 0.1) is 5.92 Å². The van der Waals surface area contributed by atoms with E-state index in [4.69, 9.17) is 0 Å². The smallest absolute Gasteiger partial charge is 0.191 e. The minimum atomic E-state index is 0. The molecule has 2 rings (SSSR count). The highest BCUT2D eigenvalue weighted by molar-refractivity contribution is 14.0. The molecule has 0 spiro atoms. The van der Waals surface area contributed by atoms with Crippen LogP contribution < -0.4 is 10.6 Å². The van der Waals surface area contributed by atoms with Crippen LogP contribution in [-0.2, 0) is 13.1 Å². The molecule has 5 heteroatoms. The molecule has 2 N–H and O–H groups in total. The summed E-state index contributed by atoms with van der Waals surface area (Å²) in [7, 11) is 4.00. The maximum atomic E-state index is 4.32. The lowest BCUT2D eigenvalue weighted by Crippen LogP contribution is -2.38. The third-order valence-corrected chi connectivity index (χ3v) is 4.52. The van der Waals surface area contributed by atoms with E-state index in [2.05, 4.69) is 72.6 Å². The summed E-state index contributed by atoms with van der Waals surface area (Å²) >= 11 is 0. The van der Waals surface area contributed by atoms with E-state index < -0.39 is 0 Å². The SMILES string of the molecule is CN=C(NCc1ccccc1CN(C)C(C)C)NC1CC1C.I. The van der Waals surface area contributed by atoms with Crippen LogP contribution in [0.3, 0.4) is 0 Å². The summed E-state index contributed by atoms with van der Waals surface area (Å²) in [5.74, 6) is 1.67. The number of halogens is 1. The number of nitrogens with one attached hydrogen (secondary N) is 2. The van der Waals surface area contributed by atoms with Crippen LogP contribution >= 0.6 is 24.0 Å². The molecule has 0 aliphatic heterocycles. The average molecular weight is 430 g/mol. The molecule has 1 fully saturated rings. The standard InChI is InChI=1S/C18H30N4.HI/c1-13(2)22(5)12-16-9-7-6-8-15(16)11-20-18(19-4)21-17-10-14(17)3;/h6-9,13-14,17H,10-12H2,1-5H3,(H2,19,20,21);1H. The van der Waals surface area contributed by atoms with E-state index in [1.165, 1.54) is 17.5 Å². The Hall–Kier alpha value is -0.820. The maximum absolute atomic E-state index is 4.32. The number of rotatable bonds is 6. The fourth-order valence-electron chi connectivity index (χ4n) is 2.41. The van der Waals surface area contributed by atoms with Crippen molar-refractivity contribution >= 4 is 29.9 Å². The Bertz CT molecular complexity index is 515. The molecule has 2 atom stereocenters. The summed E-state index contributed by atoms with van der Waals surface area (Å²) in [5, 5.41) is 6.91. The Morgan fingerprint density at radius 1 is 1.30 bits per heavy atom. The highest BCUT2D eigenvalue weighted by Crippen LogP contribution is 2.28. The summed E-state index contributed by atoms with van der Waals surface area (Å²) in [6.45, 7) is 8.50. The molecular weight excluding hydrogens is 399 g/mol. The van der Waals surface area contributed by atoms with Crippen LogP contribution in [0.1, 0.15) is 38.3 Å². The molecule has 0 heterocycles. The van der Waals surface area contributed by atoms with Crippen molar-refractivity contribution in [2.24, 2.45) is 10.9 Å². The summed E-state index contributed by atoms with van der Waals surface area (Å²) in [5.41, 5.74) is 2.71. The molecule has 0 bridgehead atoms. The van der Waals surface area contributed by atoms with E-state index in [0.717, 1.165) is 25.0 Å². The minimum absolute atomic E-state index is 0. The molecule has 0 aromatic heterocycles. The van der Waals surface area contributed by atoms with Gasteiger partial charge >= 0.3 is 0 Å². The predicted octanol–water partition coefficient (Wildman–Crippen LogP) is 3.22. The fourth-order valence-corrected chi connectivity index (χ4v) is 2.41. The Morgan fingerprint density at radius 2 is 1.91 bits per heavy atom. The van der Waals surface area contributed by atoms with Gasteiger partial charge in [0.05, 0.1) is 0 Å². The molecule has 1 aromatic carbocycles. The zero-order valence-corrected chi connectivity index (χ0v) is 17.3. The van der Waals surface area contributed by atoms with Crippen LogP contribution in [0.15, 0.2) is 29.3 Å². The van der Waals surface area contributed by atoms with E-state index in [9.17, 15) is 0 Å². The first-order chi connectivity index (χ1) is 10.5. The number of hydrogen-bond donors (Lipinski definition) is 2. The molecule has 1 aromatic rings. The van der Waals surface area contributed by atoms with Crippen molar-refractivity contribution in [2.75, 3.05) is 14.1 Å². The molecule has 0 radical (unpaired) electrons. The van der Waals surface area contributed by atoms with Crippen molar-refractivity contribution in [1.29, 1.82) is 0 Å². The Labute approximate surface area is 158 Å². The largest absolute Gasteiger partial charge is 0.353 e. The normalized spacial score (nSPS) is 20.4. The fraction of sp³-hybridized carbons (Fsp3) is 0.611.